The highest BCUT2D eigenvalue weighted by Crippen LogP contribution is 2.22. The smallest absolute Gasteiger partial charge is 0.269 e. The predicted molar refractivity (Wildman–Crippen MR) is 77.3 cm³/mol. The number of rotatable bonds is 5. The molecule has 4 heteroatoms. The number of pyridine rings is 1. The van der Waals surface area contributed by atoms with Gasteiger partial charge in [-0.2, -0.15) is 0 Å². The molecule has 1 aliphatic rings. The fourth-order valence-electron chi connectivity index (χ4n) is 2.56. The van der Waals surface area contributed by atoms with Crippen molar-refractivity contribution in [2.24, 2.45) is 5.92 Å². The van der Waals surface area contributed by atoms with Gasteiger partial charge >= 0.3 is 0 Å². The molecule has 1 amide bonds. The van der Waals surface area contributed by atoms with E-state index in [2.05, 4.69) is 15.6 Å². The first-order chi connectivity index (χ1) is 9.29. The molecular formula is C15H23N3O. The lowest BCUT2D eigenvalue weighted by Crippen LogP contribution is -2.30. The number of hydrogen-bond acceptors (Lipinski definition) is 3. The van der Waals surface area contributed by atoms with Crippen molar-refractivity contribution in [3.05, 3.63) is 23.9 Å². The maximum absolute atomic E-state index is 12.0. The predicted octanol–water partition coefficient (Wildman–Crippen LogP) is 2.82. The first-order valence-electron chi connectivity index (χ1n) is 7.28. The van der Waals surface area contributed by atoms with Crippen LogP contribution in [0.2, 0.25) is 0 Å². The van der Waals surface area contributed by atoms with Crippen molar-refractivity contribution < 1.29 is 4.79 Å². The van der Waals surface area contributed by atoms with Gasteiger partial charge in [-0.05, 0) is 37.8 Å². The Bertz CT molecular complexity index is 414. The molecule has 0 atom stereocenters. The average molecular weight is 261 g/mol. The molecule has 4 nitrogen and oxygen atoms in total. The molecule has 19 heavy (non-hydrogen) atoms. The number of carbonyl (C=O) groups is 1. The van der Waals surface area contributed by atoms with Gasteiger partial charge in [0.05, 0.1) is 0 Å². The van der Waals surface area contributed by atoms with Crippen LogP contribution in [0.3, 0.4) is 0 Å². The summed E-state index contributed by atoms with van der Waals surface area (Å²) in [6.07, 6.45) is 6.43. The number of nitrogens with one attached hydrogen (secondary N) is 2. The summed E-state index contributed by atoms with van der Waals surface area (Å²) in [5.41, 5.74) is 0.495. The lowest BCUT2D eigenvalue weighted by atomic mass is 9.89. The molecule has 1 saturated carbocycles. The Labute approximate surface area is 115 Å². The van der Waals surface area contributed by atoms with Crippen molar-refractivity contribution in [1.29, 1.82) is 0 Å². The Kier molecular flexibility index (Phi) is 5.19. The average Bonchev–Trinajstić information content (AvgIpc) is 2.46. The van der Waals surface area contributed by atoms with E-state index in [1.807, 2.05) is 19.1 Å². The molecule has 0 unspecified atom stereocenters. The standard InChI is InChI=1S/C15H23N3O/c1-2-16-14-10-6-9-13(18-14)15(19)17-11-12-7-4-3-5-8-12/h6,9-10,12H,2-5,7-8,11H2,1H3,(H,16,18)(H,17,19). The van der Waals surface area contributed by atoms with Crippen LogP contribution in [0.1, 0.15) is 49.5 Å². The van der Waals surface area contributed by atoms with E-state index in [0.29, 0.717) is 11.6 Å². The highest BCUT2D eigenvalue weighted by atomic mass is 16.1. The summed E-state index contributed by atoms with van der Waals surface area (Å²) in [7, 11) is 0. The van der Waals surface area contributed by atoms with E-state index < -0.39 is 0 Å². The van der Waals surface area contributed by atoms with E-state index in [1.165, 1.54) is 32.1 Å². The van der Waals surface area contributed by atoms with Gasteiger partial charge in [0.1, 0.15) is 11.5 Å². The fraction of sp³-hybridized carbons (Fsp3) is 0.600. The Balaban J connectivity index is 1.86. The molecule has 0 aromatic carbocycles. The molecule has 0 radical (unpaired) electrons. The summed E-state index contributed by atoms with van der Waals surface area (Å²) in [4.78, 5) is 16.3. The van der Waals surface area contributed by atoms with Gasteiger partial charge in [-0.25, -0.2) is 4.98 Å². The van der Waals surface area contributed by atoms with Gasteiger partial charge in [-0.3, -0.25) is 4.79 Å². The van der Waals surface area contributed by atoms with E-state index in [1.54, 1.807) is 6.07 Å². The molecule has 1 aromatic rings. The molecule has 1 aromatic heterocycles. The van der Waals surface area contributed by atoms with Crippen LogP contribution in [0, 0.1) is 5.92 Å². The van der Waals surface area contributed by atoms with Crippen LogP contribution in [0.5, 0.6) is 0 Å². The molecule has 1 fully saturated rings. The molecule has 104 valence electrons. The minimum Gasteiger partial charge on any atom is -0.370 e. The van der Waals surface area contributed by atoms with Crippen LogP contribution in [0.25, 0.3) is 0 Å². The zero-order valence-corrected chi connectivity index (χ0v) is 11.6. The quantitative estimate of drug-likeness (QED) is 0.857. The fourth-order valence-corrected chi connectivity index (χ4v) is 2.56. The Morgan fingerprint density at radius 2 is 2.11 bits per heavy atom. The van der Waals surface area contributed by atoms with Crippen LogP contribution in [-0.2, 0) is 0 Å². The number of nitrogens with zero attached hydrogens (tertiary/aromatic N) is 1. The van der Waals surface area contributed by atoms with E-state index >= 15 is 0 Å². The highest BCUT2D eigenvalue weighted by molar-refractivity contribution is 5.92. The van der Waals surface area contributed by atoms with Gasteiger partial charge in [-0.15, -0.1) is 0 Å². The second-order valence-corrected chi connectivity index (χ2v) is 5.15. The van der Waals surface area contributed by atoms with E-state index in [4.69, 9.17) is 0 Å². The number of hydrogen-bond donors (Lipinski definition) is 2. The maximum Gasteiger partial charge on any atom is 0.269 e. The van der Waals surface area contributed by atoms with Crippen molar-refractivity contribution in [1.82, 2.24) is 10.3 Å². The van der Waals surface area contributed by atoms with Gasteiger partial charge in [-0.1, -0.05) is 25.3 Å². The van der Waals surface area contributed by atoms with Gasteiger partial charge < -0.3 is 10.6 Å². The first-order valence-corrected chi connectivity index (χ1v) is 7.28. The summed E-state index contributed by atoms with van der Waals surface area (Å²) >= 11 is 0. The summed E-state index contributed by atoms with van der Waals surface area (Å²) in [5, 5.41) is 6.13. The molecule has 1 aliphatic carbocycles. The molecule has 2 N–H and O–H groups in total. The summed E-state index contributed by atoms with van der Waals surface area (Å²) in [6, 6.07) is 5.50. The topological polar surface area (TPSA) is 54.0 Å². The van der Waals surface area contributed by atoms with Gasteiger partial charge in [0.25, 0.3) is 5.91 Å². The first kappa shape index (κ1) is 13.8. The summed E-state index contributed by atoms with van der Waals surface area (Å²) in [5.74, 6) is 1.34. The monoisotopic (exact) mass is 261 g/mol. The van der Waals surface area contributed by atoms with Crippen LogP contribution in [0.4, 0.5) is 5.82 Å². The molecular weight excluding hydrogens is 238 g/mol. The van der Waals surface area contributed by atoms with Crippen LogP contribution < -0.4 is 10.6 Å². The minimum atomic E-state index is -0.0645. The van der Waals surface area contributed by atoms with E-state index in [9.17, 15) is 4.79 Å². The van der Waals surface area contributed by atoms with Crippen molar-refractivity contribution in [2.45, 2.75) is 39.0 Å². The van der Waals surface area contributed by atoms with E-state index in [0.717, 1.165) is 18.9 Å². The largest absolute Gasteiger partial charge is 0.370 e. The van der Waals surface area contributed by atoms with Gasteiger partial charge in [0.15, 0.2) is 0 Å². The van der Waals surface area contributed by atoms with Gasteiger partial charge in [0, 0.05) is 13.1 Å². The Hall–Kier alpha value is -1.58. The Morgan fingerprint density at radius 1 is 1.32 bits per heavy atom. The zero-order chi connectivity index (χ0) is 13.5. The second kappa shape index (κ2) is 7.12. The molecule has 0 aliphatic heterocycles. The molecule has 1 heterocycles. The van der Waals surface area contributed by atoms with Crippen molar-refractivity contribution in [3.8, 4) is 0 Å². The van der Waals surface area contributed by atoms with Crippen LogP contribution >= 0.6 is 0 Å². The zero-order valence-electron chi connectivity index (χ0n) is 11.6. The van der Waals surface area contributed by atoms with Crippen LogP contribution in [-0.4, -0.2) is 24.0 Å². The number of carbonyl (C=O) groups excluding carboxylic acids is 1. The molecule has 0 bridgehead atoms. The van der Waals surface area contributed by atoms with Gasteiger partial charge in [0.2, 0.25) is 0 Å². The van der Waals surface area contributed by atoms with Crippen molar-refractivity contribution in [2.75, 3.05) is 18.4 Å². The molecule has 0 spiro atoms. The summed E-state index contributed by atoms with van der Waals surface area (Å²) < 4.78 is 0. The molecule has 2 rings (SSSR count). The normalized spacial score (nSPS) is 16.1. The second-order valence-electron chi connectivity index (χ2n) is 5.15. The third kappa shape index (κ3) is 4.23. The number of aromatic nitrogens is 1. The van der Waals surface area contributed by atoms with Crippen molar-refractivity contribution >= 4 is 11.7 Å². The van der Waals surface area contributed by atoms with Crippen molar-refractivity contribution in [3.63, 3.8) is 0 Å². The summed E-state index contributed by atoms with van der Waals surface area (Å²) in [6.45, 7) is 3.60. The van der Waals surface area contributed by atoms with Crippen LogP contribution in [0.15, 0.2) is 18.2 Å². The Morgan fingerprint density at radius 3 is 2.84 bits per heavy atom. The van der Waals surface area contributed by atoms with E-state index in [-0.39, 0.29) is 5.91 Å². The third-order valence-corrected chi connectivity index (χ3v) is 3.62. The number of anilines is 1. The number of amides is 1. The highest BCUT2D eigenvalue weighted by Gasteiger charge is 2.15. The third-order valence-electron chi connectivity index (χ3n) is 3.62. The lowest BCUT2D eigenvalue weighted by molar-refractivity contribution is 0.0938. The SMILES string of the molecule is CCNc1cccc(C(=O)NCC2CCCCC2)n1. The minimum absolute atomic E-state index is 0.0645. The maximum atomic E-state index is 12.0. The lowest BCUT2D eigenvalue weighted by Gasteiger charge is -2.21. The molecule has 0 saturated heterocycles.